The van der Waals surface area contributed by atoms with Crippen LogP contribution in [0.1, 0.15) is 23.6 Å². The van der Waals surface area contributed by atoms with Gasteiger partial charge in [-0.15, -0.1) is 4.83 Å². The van der Waals surface area contributed by atoms with Crippen LogP contribution in [-0.2, 0) is 14.8 Å². The summed E-state index contributed by atoms with van der Waals surface area (Å²) in [6, 6.07) is 13.9. The van der Waals surface area contributed by atoms with Gasteiger partial charge in [-0.2, -0.15) is 0 Å². The number of ether oxygens (including phenoxy) is 1. The second-order valence-corrected chi connectivity index (χ2v) is 7.94. The van der Waals surface area contributed by atoms with Gasteiger partial charge in [0, 0.05) is 6.04 Å². The standard InChI is InChI=1S/C18H22N4O4S/c1-12-8-9-16(26-2)17(10-12)27(24,25)22-21-18(23)15-11-14(19-20-15)13-6-4-3-5-7-13/h3-10,14-15,19-20,22H,11H2,1-2H3,(H,21,23). The summed E-state index contributed by atoms with van der Waals surface area (Å²) in [7, 11) is -2.58. The quantitative estimate of drug-likeness (QED) is 0.546. The Bertz CT molecular complexity index is 918. The lowest BCUT2D eigenvalue weighted by Crippen LogP contribution is -2.50. The zero-order valence-corrected chi connectivity index (χ0v) is 15.8. The number of nitrogens with one attached hydrogen (secondary N) is 4. The van der Waals surface area contributed by atoms with E-state index >= 15 is 0 Å². The molecule has 27 heavy (non-hydrogen) atoms. The highest BCUT2D eigenvalue weighted by atomic mass is 32.2. The van der Waals surface area contributed by atoms with Gasteiger partial charge in [0.1, 0.15) is 16.7 Å². The van der Waals surface area contributed by atoms with Crippen molar-refractivity contribution in [3.8, 4) is 5.75 Å². The van der Waals surface area contributed by atoms with Crippen LogP contribution in [0.2, 0.25) is 0 Å². The molecule has 1 fully saturated rings. The summed E-state index contributed by atoms with van der Waals surface area (Å²) in [5.74, 6) is -0.275. The third kappa shape index (κ3) is 4.45. The van der Waals surface area contributed by atoms with Gasteiger partial charge in [0.15, 0.2) is 0 Å². The molecule has 9 heteroatoms. The van der Waals surface area contributed by atoms with Crippen LogP contribution in [0.3, 0.4) is 0 Å². The lowest BCUT2D eigenvalue weighted by molar-refractivity contribution is -0.123. The molecular formula is C18H22N4O4S. The molecular weight excluding hydrogens is 368 g/mol. The average molecular weight is 390 g/mol. The largest absolute Gasteiger partial charge is 0.495 e. The minimum Gasteiger partial charge on any atom is -0.495 e. The summed E-state index contributed by atoms with van der Waals surface area (Å²) in [4.78, 5) is 14.4. The van der Waals surface area contributed by atoms with Gasteiger partial charge in [-0.25, -0.2) is 19.3 Å². The summed E-state index contributed by atoms with van der Waals surface area (Å²) in [6.45, 7) is 1.77. The van der Waals surface area contributed by atoms with Gasteiger partial charge < -0.3 is 4.74 Å². The predicted molar refractivity (Wildman–Crippen MR) is 100 cm³/mol. The molecule has 0 radical (unpaired) electrons. The molecule has 0 aromatic heterocycles. The van der Waals surface area contributed by atoms with E-state index in [1.807, 2.05) is 30.3 Å². The molecule has 8 nitrogen and oxygen atoms in total. The fourth-order valence-corrected chi connectivity index (χ4v) is 3.99. The number of carbonyl (C=O) groups excluding carboxylic acids is 1. The molecule has 1 heterocycles. The Kier molecular flexibility index (Phi) is 5.76. The Morgan fingerprint density at radius 3 is 2.59 bits per heavy atom. The Morgan fingerprint density at radius 2 is 1.89 bits per heavy atom. The molecule has 1 amide bonds. The number of rotatable bonds is 6. The molecule has 4 N–H and O–H groups in total. The van der Waals surface area contributed by atoms with Crippen molar-refractivity contribution in [3.05, 3.63) is 59.7 Å². The van der Waals surface area contributed by atoms with Crippen LogP contribution in [-0.4, -0.2) is 27.5 Å². The fourth-order valence-electron chi connectivity index (χ4n) is 2.89. The van der Waals surface area contributed by atoms with E-state index in [-0.39, 0.29) is 16.7 Å². The van der Waals surface area contributed by atoms with Gasteiger partial charge in [-0.05, 0) is 36.6 Å². The van der Waals surface area contributed by atoms with Gasteiger partial charge in [-0.1, -0.05) is 36.4 Å². The first kappa shape index (κ1) is 19.3. The number of hydrogen-bond donors (Lipinski definition) is 4. The third-order valence-electron chi connectivity index (χ3n) is 4.34. The van der Waals surface area contributed by atoms with Crippen molar-refractivity contribution < 1.29 is 17.9 Å². The first-order valence-electron chi connectivity index (χ1n) is 8.43. The molecule has 2 unspecified atom stereocenters. The smallest absolute Gasteiger partial charge is 0.261 e. The van der Waals surface area contributed by atoms with Gasteiger partial charge in [-0.3, -0.25) is 10.2 Å². The highest BCUT2D eigenvalue weighted by Crippen LogP contribution is 2.24. The van der Waals surface area contributed by atoms with Crippen molar-refractivity contribution in [2.45, 2.75) is 30.3 Å². The minimum absolute atomic E-state index is 0.0320. The molecule has 0 spiro atoms. The Morgan fingerprint density at radius 1 is 1.15 bits per heavy atom. The number of hydrogen-bond acceptors (Lipinski definition) is 6. The lowest BCUT2D eigenvalue weighted by Gasteiger charge is -2.14. The van der Waals surface area contributed by atoms with E-state index in [9.17, 15) is 13.2 Å². The van der Waals surface area contributed by atoms with E-state index in [0.717, 1.165) is 11.1 Å². The molecule has 3 rings (SSSR count). The van der Waals surface area contributed by atoms with Crippen LogP contribution in [0.25, 0.3) is 0 Å². The van der Waals surface area contributed by atoms with E-state index in [1.165, 1.54) is 13.2 Å². The van der Waals surface area contributed by atoms with Gasteiger partial charge >= 0.3 is 0 Å². The van der Waals surface area contributed by atoms with Crippen LogP contribution >= 0.6 is 0 Å². The maximum atomic E-state index is 12.5. The van der Waals surface area contributed by atoms with Crippen LogP contribution in [0, 0.1) is 6.92 Å². The fraction of sp³-hybridized carbons (Fsp3) is 0.278. The zero-order chi connectivity index (χ0) is 19.4. The third-order valence-corrected chi connectivity index (χ3v) is 5.61. The number of methoxy groups -OCH3 is 1. The van der Waals surface area contributed by atoms with E-state index in [0.29, 0.717) is 6.42 Å². The van der Waals surface area contributed by atoms with Crippen molar-refractivity contribution in [1.29, 1.82) is 0 Å². The Labute approximate surface area is 158 Å². The molecule has 0 saturated carbocycles. The number of hydrazine groups is 2. The van der Waals surface area contributed by atoms with E-state index in [1.54, 1.807) is 19.1 Å². The second-order valence-electron chi connectivity index (χ2n) is 6.29. The molecule has 1 aliphatic rings. The molecule has 2 aromatic carbocycles. The predicted octanol–water partition coefficient (Wildman–Crippen LogP) is 0.921. The summed E-state index contributed by atoms with van der Waals surface area (Å²) < 4.78 is 30.2. The zero-order valence-electron chi connectivity index (χ0n) is 15.0. The summed E-state index contributed by atoms with van der Waals surface area (Å²) in [6.07, 6.45) is 0.491. The van der Waals surface area contributed by atoms with Crippen molar-refractivity contribution in [3.63, 3.8) is 0 Å². The number of sulfonamides is 1. The SMILES string of the molecule is COc1ccc(C)cc1S(=O)(=O)NNC(=O)C1CC(c2ccccc2)NN1. The molecule has 2 aromatic rings. The second kappa shape index (κ2) is 8.05. The topological polar surface area (TPSA) is 109 Å². The van der Waals surface area contributed by atoms with Crippen LogP contribution in [0.4, 0.5) is 0 Å². The van der Waals surface area contributed by atoms with E-state index in [2.05, 4.69) is 21.1 Å². The molecule has 0 bridgehead atoms. The van der Waals surface area contributed by atoms with Gasteiger partial charge in [0.2, 0.25) is 0 Å². The number of amides is 1. The van der Waals surface area contributed by atoms with Crippen molar-refractivity contribution in [2.75, 3.05) is 7.11 Å². The highest BCUT2D eigenvalue weighted by Gasteiger charge is 2.31. The van der Waals surface area contributed by atoms with Gasteiger partial charge in [0.05, 0.1) is 7.11 Å². The summed E-state index contributed by atoms with van der Waals surface area (Å²) >= 11 is 0. The number of aryl methyl sites for hydroxylation is 1. The lowest BCUT2D eigenvalue weighted by atomic mass is 10.0. The normalized spacial score (nSPS) is 19.6. The number of carbonyl (C=O) groups is 1. The summed E-state index contributed by atoms with van der Waals surface area (Å²) in [5, 5.41) is 0. The first-order chi connectivity index (χ1) is 12.9. The molecule has 2 atom stereocenters. The maximum Gasteiger partial charge on any atom is 0.261 e. The van der Waals surface area contributed by atoms with Crippen molar-refractivity contribution in [1.82, 2.24) is 21.1 Å². The maximum absolute atomic E-state index is 12.5. The molecule has 144 valence electrons. The van der Waals surface area contributed by atoms with E-state index < -0.39 is 22.0 Å². The minimum atomic E-state index is -3.97. The number of benzene rings is 2. The molecule has 0 aliphatic carbocycles. The van der Waals surface area contributed by atoms with Crippen molar-refractivity contribution >= 4 is 15.9 Å². The Hall–Kier alpha value is -2.46. The van der Waals surface area contributed by atoms with Crippen LogP contribution in [0.15, 0.2) is 53.4 Å². The highest BCUT2D eigenvalue weighted by molar-refractivity contribution is 7.89. The molecule has 1 saturated heterocycles. The Balaban J connectivity index is 1.63. The summed E-state index contributed by atoms with van der Waals surface area (Å²) in [5.41, 5.74) is 10.0. The van der Waals surface area contributed by atoms with Crippen LogP contribution < -0.4 is 25.8 Å². The monoisotopic (exact) mass is 390 g/mol. The van der Waals surface area contributed by atoms with Crippen LogP contribution in [0.5, 0.6) is 5.75 Å². The van der Waals surface area contributed by atoms with Crippen molar-refractivity contribution in [2.24, 2.45) is 0 Å². The van der Waals surface area contributed by atoms with Gasteiger partial charge in [0.25, 0.3) is 15.9 Å². The average Bonchev–Trinajstić information content (AvgIpc) is 3.17. The molecule has 1 aliphatic heterocycles. The van der Waals surface area contributed by atoms with E-state index in [4.69, 9.17) is 4.74 Å². The first-order valence-corrected chi connectivity index (χ1v) is 9.91.